The van der Waals surface area contributed by atoms with E-state index in [9.17, 15) is 0 Å². The van der Waals surface area contributed by atoms with Gasteiger partial charge in [-0.2, -0.15) is 0 Å². The molecule has 0 aliphatic carbocycles. The molecular formula is C21H44N4. The summed E-state index contributed by atoms with van der Waals surface area (Å²) in [5, 5.41) is 0. The molecule has 0 aliphatic rings. The first-order valence-corrected chi connectivity index (χ1v) is 9.34. The minimum absolute atomic E-state index is 0. The normalized spacial score (nSPS) is 6.80. The zero-order valence-electron chi connectivity index (χ0n) is 18.2. The molecule has 0 aromatic carbocycles. The molecule has 0 fully saturated rings. The molecule has 148 valence electrons. The molecule has 2 aromatic heterocycles. The molecule has 2 aromatic rings. The second-order valence-corrected chi connectivity index (χ2v) is 3.28. The highest BCUT2D eigenvalue weighted by Gasteiger charge is 1.81. The van der Waals surface area contributed by atoms with Crippen molar-refractivity contribution in [2.45, 2.75) is 75.3 Å². The van der Waals surface area contributed by atoms with Crippen molar-refractivity contribution < 1.29 is 0 Å². The fourth-order valence-electron chi connectivity index (χ4n) is 1.13. The molecule has 0 radical (unpaired) electrons. The van der Waals surface area contributed by atoms with Gasteiger partial charge in [0, 0.05) is 31.3 Å². The second-order valence-electron chi connectivity index (χ2n) is 3.28. The van der Waals surface area contributed by atoms with E-state index in [0.717, 1.165) is 12.0 Å². The van der Waals surface area contributed by atoms with Crippen LogP contribution in [0, 0.1) is 0 Å². The van der Waals surface area contributed by atoms with Crippen LogP contribution in [0.3, 0.4) is 0 Å². The molecule has 0 saturated heterocycles. The molecule has 0 spiro atoms. The zero-order chi connectivity index (χ0) is 19.6. The van der Waals surface area contributed by atoms with E-state index in [1.54, 1.807) is 18.6 Å². The van der Waals surface area contributed by atoms with Gasteiger partial charge in [-0.05, 0) is 29.7 Å². The van der Waals surface area contributed by atoms with E-state index in [0.29, 0.717) is 6.54 Å². The van der Waals surface area contributed by atoms with Crippen molar-refractivity contribution in [3.05, 3.63) is 60.2 Å². The molecule has 0 unspecified atom stereocenters. The Morgan fingerprint density at radius 1 is 0.720 bits per heavy atom. The van der Waals surface area contributed by atoms with Crippen molar-refractivity contribution in [1.82, 2.24) is 16.1 Å². The number of aryl methyl sites for hydroxylation is 1. The van der Waals surface area contributed by atoms with Gasteiger partial charge in [-0.1, -0.05) is 74.4 Å². The highest BCUT2D eigenvalue weighted by atomic mass is 14.6. The molecule has 0 amide bonds. The van der Waals surface area contributed by atoms with E-state index in [4.69, 9.17) is 5.73 Å². The molecule has 0 bridgehead atoms. The SMILES string of the molecule is CC.CC.CC.CC.CCc1cccnc1.N.NCc1cccnc1. The summed E-state index contributed by atoms with van der Waals surface area (Å²) in [5.74, 6) is 0. The maximum atomic E-state index is 5.31. The van der Waals surface area contributed by atoms with Crippen LogP contribution in [0.5, 0.6) is 0 Å². The Balaban J connectivity index is -0.0000000743. The summed E-state index contributed by atoms with van der Waals surface area (Å²) in [6.45, 7) is 18.7. The van der Waals surface area contributed by atoms with Crippen LogP contribution in [0.15, 0.2) is 49.1 Å². The van der Waals surface area contributed by atoms with Gasteiger partial charge >= 0.3 is 0 Å². The van der Waals surface area contributed by atoms with Crippen LogP contribution >= 0.6 is 0 Å². The van der Waals surface area contributed by atoms with Gasteiger partial charge in [-0.3, -0.25) is 9.97 Å². The summed E-state index contributed by atoms with van der Waals surface area (Å²) < 4.78 is 0. The summed E-state index contributed by atoms with van der Waals surface area (Å²) >= 11 is 0. The Hall–Kier alpha value is -1.78. The lowest BCUT2D eigenvalue weighted by Crippen LogP contribution is -1.95. The molecule has 2 heterocycles. The van der Waals surface area contributed by atoms with Gasteiger partial charge in [0.2, 0.25) is 0 Å². The molecule has 5 N–H and O–H groups in total. The summed E-state index contributed by atoms with van der Waals surface area (Å²) in [6, 6.07) is 7.86. The molecular weight excluding hydrogens is 308 g/mol. The van der Waals surface area contributed by atoms with Crippen molar-refractivity contribution in [3.63, 3.8) is 0 Å². The fourth-order valence-corrected chi connectivity index (χ4v) is 1.13. The minimum atomic E-state index is 0. The van der Waals surface area contributed by atoms with Crippen LogP contribution in [0.4, 0.5) is 0 Å². The van der Waals surface area contributed by atoms with Gasteiger partial charge in [0.25, 0.3) is 0 Å². The Bertz CT molecular complexity index is 338. The minimum Gasteiger partial charge on any atom is -0.344 e. The molecule has 4 nitrogen and oxygen atoms in total. The monoisotopic (exact) mass is 352 g/mol. The number of aromatic nitrogens is 2. The maximum absolute atomic E-state index is 5.31. The van der Waals surface area contributed by atoms with E-state index in [-0.39, 0.29) is 6.15 Å². The van der Waals surface area contributed by atoms with E-state index >= 15 is 0 Å². The molecule has 0 atom stereocenters. The van der Waals surface area contributed by atoms with E-state index in [1.807, 2.05) is 79.8 Å². The highest BCUT2D eigenvalue weighted by molar-refractivity contribution is 5.07. The number of rotatable bonds is 2. The first-order valence-electron chi connectivity index (χ1n) is 9.34. The largest absolute Gasteiger partial charge is 0.344 e. The number of nitrogens with two attached hydrogens (primary N) is 1. The Kier molecular flexibility index (Phi) is 52.5. The molecule has 2 rings (SSSR count). The van der Waals surface area contributed by atoms with Crippen LogP contribution in [0.25, 0.3) is 0 Å². The second kappa shape index (κ2) is 38.0. The van der Waals surface area contributed by atoms with E-state index in [2.05, 4.69) is 23.0 Å². The summed E-state index contributed by atoms with van der Waals surface area (Å²) in [6.07, 6.45) is 8.26. The first kappa shape index (κ1) is 34.5. The molecule has 25 heavy (non-hydrogen) atoms. The molecule has 0 saturated carbocycles. The average molecular weight is 353 g/mol. The summed E-state index contributed by atoms with van der Waals surface area (Å²) in [5.41, 5.74) is 7.68. The third kappa shape index (κ3) is 27.4. The van der Waals surface area contributed by atoms with Crippen molar-refractivity contribution in [3.8, 4) is 0 Å². The predicted molar refractivity (Wildman–Crippen MR) is 116 cm³/mol. The fraction of sp³-hybridized carbons (Fsp3) is 0.524. The molecule has 0 aliphatic heterocycles. The maximum Gasteiger partial charge on any atom is 0.0312 e. The third-order valence-electron chi connectivity index (χ3n) is 2.09. The number of hydrogen-bond acceptors (Lipinski definition) is 4. The highest BCUT2D eigenvalue weighted by Crippen LogP contribution is 1.93. The van der Waals surface area contributed by atoms with Gasteiger partial charge in [-0.15, -0.1) is 0 Å². The van der Waals surface area contributed by atoms with Gasteiger partial charge < -0.3 is 11.9 Å². The van der Waals surface area contributed by atoms with Gasteiger partial charge in [0.05, 0.1) is 0 Å². The van der Waals surface area contributed by atoms with Crippen LogP contribution < -0.4 is 11.9 Å². The van der Waals surface area contributed by atoms with Crippen molar-refractivity contribution in [2.75, 3.05) is 0 Å². The van der Waals surface area contributed by atoms with E-state index in [1.165, 1.54) is 5.56 Å². The zero-order valence-corrected chi connectivity index (χ0v) is 18.2. The van der Waals surface area contributed by atoms with Crippen LogP contribution in [0.1, 0.15) is 73.4 Å². The lowest BCUT2D eigenvalue weighted by molar-refractivity contribution is 1.05. The van der Waals surface area contributed by atoms with Crippen LogP contribution in [-0.2, 0) is 13.0 Å². The third-order valence-corrected chi connectivity index (χ3v) is 2.09. The average Bonchev–Trinajstić information content (AvgIpc) is 2.75. The Morgan fingerprint density at radius 3 is 1.24 bits per heavy atom. The van der Waals surface area contributed by atoms with Crippen LogP contribution in [0.2, 0.25) is 0 Å². The first-order chi connectivity index (χ1) is 11.9. The Labute approximate surface area is 157 Å². The molecule has 4 heteroatoms. The lowest BCUT2D eigenvalue weighted by atomic mass is 10.2. The van der Waals surface area contributed by atoms with Gasteiger partial charge in [0.15, 0.2) is 0 Å². The van der Waals surface area contributed by atoms with Gasteiger partial charge in [0.1, 0.15) is 0 Å². The summed E-state index contributed by atoms with van der Waals surface area (Å²) in [7, 11) is 0. The predicted octanol–water partition coefficient (Wildman–Crippen LogP) is 6.45. The Morgan fingerprint density at radius 2 is 1.08 bits per heavy atom. The number of hydrogen-bond donors (Lipinski definition) is 2. The number of nitrogens with zero attached hydrogens (tertiary/aromatic N) is 2. The summed E-state index contributed by atoms with van der Waals surface area (Å²) in [4.78, 5) is 7.83. The standard InChI is InChI=1S/C7H9N.C6H8N2.4C2H6.H3N/c1-2-7-4-3-5-8-6-7;7-4-6-2-1-3-8-5-6;4*1-2;/h3-6H,2H2,1H3;1-3,5H,4,7H2;4*1-2H3;1H3. The topological polar surface area (TPSA) is 86.8 Å². The van der Waals surface area contributed by atoms with Crippen LogP contribution in [-0.4, -0.2) is 9.97 Å². The van der Waals surface area contributed by atoms with Crippen molar-refractivity contribution in [1.29, 1.82) is 0 Å². The van der Waals surface area contributed by atoms with Gasteiger partial charge in [-0.25, -0.2) is 0 Å². The van der Waals surface area contributed by atoms with E-state index < -0.39 is 0 Å². The van der Waals surface area contributed by atoms with Crippen molar-refractivity contribution in [2.24, 2.45) is 5.73 Å². The smallest absolute Gasteiger partial charge is 0.0312 e. The lowest BCUT2D eigenvalue weighted by Gasteiger charge is -1.89. The quantitative estimate of drug-likeness (QED) is 0.650. The number of pyridine rings is 2. The van der Waals surface area contributed by atoms with Crippen molar-refractivity contribution >= 4 is 0 Å².